The lowest BCUT2D eigenvalue weighted by Gasteiger charge is -2.05. The first kappa shape index (κ1) is 10.6. The number of amides is 1. The number of carbonyl (C=O) groups excluding carboxylic acids is 1. The van der Waals surface area contributed by atoms with E-state index in [1.165, 1.54) is 0 Å². The van der Waals surface area contributed by atoms with Crippen LogP contribution in [0.3, 0.4) is 0 Å². The van der Waals surface area contributed by atoms with Crippen molar-refractivity contribution in [1.82, 2.24) is 5.32 Å². The summed E-state index contributed by atoms with van der Waals surface area (Å²) in [7, 11) is 0. The molecule has 0 aromatic heterocycles. The molecular weight excluding hydrogens is 186 g/mol. The topological polar surface area (TPSA) is 66.4 Å². The first-order valence-electron chi connectivity index (χ1n) is 2.86. The van der Waals surface area contributed by atoms with Crippen molar-refractivity contribution < 1.29 is 14.7 Å². The standard InChI is InChI=1S/C5H9NO3S2/c7-4(8)1-6-5(9)3(11)2-10/h3,10-11H,1-2H2,(H,6,9)(H,7,8). The molecule has 0 rings (SSSR count). The Balaban J connectivity index is 3.60. The second kappa shape index (κ2) is 5.31. The SMILES string of the molecule is O=C(O)CNC(=O)C(S)CS. The molecule has 0 aromatic carbocycles. The lowest BCUT2D eigenvalue weighted by molar-refractivity contribution is -0.137. The predicted octanol–water partition coefficient (Wildman–Crippen LogP) is -0.585. The Hall–Kier alpha value is -0.360. The van der Waals surface area contributed by atoms with Crippen molar-refractivity contribution in [2.45, 2.75) is 5.25 Å². The van der Waals surface area contributed by atoms with Crippen LogP contribution in [-0.4, -0.2) is 34.5 Å². The van der Waals surface area contributed by atoms with E-state index in [4.69, 9.17) is 5.11 Å². The van der Waals surface area contributed by atoms with E-state index >= 15 is 0 Å². The molecular formula is C5H9NO3S2. The van der Waals surface area contributed by atoms with Crippen LogP contribution in [0, 0.1) is 0 Å². The third-order valence-electron chi connectivity index (χ3n) is 0.889. The fourth-order valence-electron chi connectivity index (χ4n) is 0.363. The van der Waals surface area contributed by atoms with Crippen molar-refractivity contribution in [3.8, 4) is 0 Å². The summed E-state index contributed by atoms with van der Waals surface area (Å²) in [5, 5.41) is 9.78. The van der Waals surface area contributed by atoms with Crippen LogP contribution in [0.2, 0.25) is 0 Å². The van der Waals surface area contributed by atoms with E-state index < -0.39 is 17.1 Å². The summed E-state index contributed by atoms with van der Waals surface area (Å²) in [5.41, 5.74) is 0. The quantitative estimate of drug-likeness (QED) is 0.454. The van der Waals surface area contributed by atoms with Crippen LogP contribution < -0.4 is 5.32 Å². The Bertz CT molecular complexity index is 162. The van der Waals surface area contributed by atoms with E-state index in [2.05, 4.69) is 30.6 Å². The summed E-state index contributed by atoms with van der Waals surface area (Å²) >= 11 is 7.66. The number of hydrogen-bond donors (Lipinski definition) is 4. The molecule has 1 unspecified atom stereocenters. The zero-order chi connectivity index (χ0) is 8.85. The van der Waals surface area contributed by atoms with Gasteiger partial charge in [-0.15, -0.1) is 0 Å². The molecule has 0 aromatic rings. The highest BCUT2D eigenvalue weighted by Gasteiger charge is 2.11. The number of carbonyl (C=O) groups is 2. The molecule has 0 fully saturated rings. The average Bonchev–Trinajstić information content (AvgIpc) is 1.98. The highest BCUT2D eigenvalue weighted by Crippen LogP contribution is 1.96. The van der Waals surface area contributed by atoms with Gasteiger partial charge in [0.1, 0.15) is 6.54 Å². The van der Waals surface area contributed by atoms with E-state index in [1.54, 1.807) is 0 Å². The number of hydrogen-bond acceptors (Lipinski definition) is 4. The van der Waals surface area contributed by atoms with Gasteiger partial charge in [-0.1, -0.05) is 0 Å². The third-order valence-corrected chi connectivity index (χ3v) is 1.96. The maximum atomic E-state index is 10.8. The largest absolute Gasteiger partial charge is 0.480 e. The molecule has 0 aliphatic carbocycles. The van der Waals surface area contributed by atoms with Crippen molar-refractivity contribution in [3.05, 3.63) is 0 Å². The van der Waals surface area contributed by atoms with Gasteiger partial charge < -0.3 is 10.4 Å². The molecule has 64 valence electrons. The minimum atomic E-state index is -1.07. The first-order chi connectivity index (χ1) is 5.07. The highest BCUT2D eigenvalue weighted by atomic mass is 32.1. The first-order valence-corrected chi connectivity index (χ1v) is 4.01. The van der Waals surface area contributed by atoms with Crippen LogP contribution in [0.1, 0.15) is 0 Å². The maximum Gasteiger partial charge on any atom is 0.322 e. The van der Waals surface area contributed by atoms with Crippen LogP contribution in [0.4, 0.5) is 0 Å². The molecule has 0 spiro atoms. The summed E-state index contributed by atoms with van der Waals surface area (Å²) < 4.78 is 0. The second-order valence-electron chi connectivity index (χ2n) is 1.81. The number of carboxylic acids is 1. The van der Waals surface area contributed by atoms with Gasteiger partial charge in [-0.2, -0.15) is 25.3 Å². The second-order valence-corrected chi connectivity index (χ2v) is 2.80. The molecule has 0 saturated carbocycles. The van der Waals surface area contributed by atoms with Gasteiger partial charge in [0.2, 0.25) is 5.91 Å². The van der Waals surface area contributed by atoms with Gasteiger partial charge in [0, 0.05) is 5.75 Å². The van der Waals surface area contributed by atoms with Crippen molar-refractivity contribution in [2.75, 3.05) is 12.3 Å². The number of carboxylic acid groups (broad SMARTS) is 1. The van der Waals surface area contributed by atoms with Crippen LogP contribution >= 0.6 is 25.3 Å². The molecule has 6 heteroatoms. The van der Waals surface area contributed by atoms with Crippen molar-refractivity contribution in [2.24, 2.45) is 0 Å². The zero-order valence-electron chi connectivity index (χ0n) is 5.65. The van der Waals surface area contributed by atoms with E-state index in [-0.39, 0.29) is 12.3 Å². The smallest absolute Gasteiger partial charge is 0.322 e. The Morgan fingerprint density at radius 2 is 2.09 bits per heavy atom. The van der Waals surface area contributed by atoms with Gasteiger partial charge >= 0.3 is 5.97 Å². The fourth-order valence-corrected chi connectivity index (χ4v) is 0.621. The van der Waals surface area contributed by atoms with Gasteiger partial charge in [-0.3, -0.25) is 9.59 Å². The molecule has 1 amide bonds. The minimum Gasteiger partial charge on any atom is -0.480 e. The molecule has 0 heterocycles. The van der Waals surface area contributed by atoms with Crippen molar-refractivity contribution in [1.29, 1.82) is 0 Å². The van der Waals surface area contributed by atoms with Gasteiger partial charge in [-0.25, -0.2) is 0 Å². The lowest BCUT2D eigenvalue weighted by atomic mass is 10.4. The number of aliphatic carboxylic acids is 1. The molecule has 0 saturated heterocycles. The van der Waals surface area contributed by atoms with E-state index in [0.717, 1.165) is 0 Å². The Morgan fingerprint density at radius 3 is 2.45 bits per heavy atom. The molecule has 11 heavy (non-hydrogen) atoms. The maximum absolute atomic E-state index is 10.8. The third kappa shape index (κ3) is 4.97. The Morgan fingerprint density at radius 1 is 1.55 bits per heavy atom. The molecule has 4 nitrogen and oxygen atoms in total. The number of thiol groups is 2. The van der Waals surface area contributed by atoms with E-state index in [0.29, 0.717) is 0 Å². The molecule has 0 aliphatic rings. The molecule has 0 bridgehead atoms. The minimum absolute atomic E-state index is 0.286. The Labute approximate surface area is 75.2 Å². The summed E-state index contributed by atoms with van der Waals surface area (Å²) in [6.45, 7) is -0.371. The van der Waals surface area contributed by atoms with Crippen LogP contribution in [-0.2, 0) is 9.59 Å². The van der Waals surface area contributed by atoms with Gasteiger partial charge in [0.15, 0.2) is 0 Å². The van der Waals surface area contributed by atoms with Gasteiger partial charge in [0.25, 0.3) is 0 Å². The number of rotatable bonds is 4. The fraction of sp³-hybridized carbons (Fsp3) is 0.600. The van der Waals surface area contributed by atoms with Crippen LogP contribution in [0.15, 0.2) is 0 Å². The van der Waals surface area contributed by atoms with E-state index in [1.807, 2.05) is 0 Å². The van der Waals surface area contributed by atoms with Gasteiger partial charge in [0.05, 0.1) is 5.25 Å². The normalized spacial score (nSPS) is 12.2. The summed E-state index contributed by atoms with van der Waals surface area (Å²) in [4.78, 5) is 20.7. The van der Waals surface area contributed by atoms with Crippen molar-refractivity contribution in [3.63, 3.8) is 0 Å². The van der Waals surface area contributed by atoms with Crippen LogP contribution in [0.25, 0.3) is 0 Å². The molecule has 0 aliphatic heterocycles. The number of nitrogens with one attached hydrogen (secondary N) is 1. The molecule has 1 atom stereocenters. The predicted molar refractivity (Wildman–Crippen MR) is 47.3 cm³/mol. The summed E-state index contributed by atoms with van der Waals surface area (Å²) in [6, 6.07) is 0. The molecule has 2 N–H and O–H groups in total. The Kier molecular flexibility index (Phi) is 5.14. The van der Waals surface area contributed by atoms with Gasteiger partial charge in [-0.05, 0) is 0 Å². The summed E-state index contributed by atoms with van der Waals surface area (Å²) in [5.74, 6) is -1.20. The zero-order valence-corrected chi connectivity index (χ0v) is 7.44. The molecule has 0 radical (unpaired) electrons. The average molecular weight is 195 g/mol. The van der Waals surface area contributed by atoms with Crippen LogP contribution in [0.5, 0.6) is 0 Å². The van der Waals surface area contributed by atoms with Crippen molar-refractivity contribution >= 4 is 37.1 Å². The highest BCUT2D eigenvalue weighted by molar-refractivity contribution is 7.85. The monoisotopic (exact) mass is 195 g/mol. The summed E-state index contributed by atoms with van der Waals surface area (Å²) in [6.07, 6.45) is 0. The van der Waals surface area contributed by atoms with E-state index in [9.17, 15) is 9.59 Å². The lowest BCUT2D eigenvalue weighted by Crippen LogP contribution is -2.35.